The number of aromatic amines is 1. The van der Waals surface area contributed by atoms with Crippen LogP contribution in [0, 0.1) is 11.8 Å². The molecule has 172 valence electrons. The number of urea groups is 1. The van der Waals surface area contributed by atoms with E-state index in [-0.39, 0.29) is 5.91 Å². The van der Waals surface area contributed by atoms with E-state index in [2.05, 4.69) is 37.7 Å². The molecule has 0 spiro atoms. The van der Waals surface area contributed by atoms with Crippen LogP contribution < -0.4 is 15.4 Å². The van der Waals surface area contributed by atoms with Crippen molar-refractivity contribution in [1.82, 2.24) is 30.7 Å². The van der Waals surface area contributed by atoms with Gasteiger partial charge in [0, 0.05) is 37.1 Å². The highest BCUT2D eigenvalue weighted by Crippen LogP contribution is 2.23. The van der Waals surface area contributed by atoms with Crippen molar-refractivity contribution in [3.8, 4) is 28.8 Å². The lowest BCUT2D eigenvalue weighted by atomic mass is 9.99. The van der Waals surface area contributed by atoms with E-state index in [1.165, 1.54) is 0 Å². The van der Waals surface area contributed by atoms with Crippen LogP contribution in [0.2, 0.25) is 0 Å². The summed E-state index contributed by atoms with van der Waals surface area (Å²) in [6, 6.07) is 7.86. The first kappa shape index (κ1) is 22.5. The van der Waals surface area contributed by atoms with Crippen molar-refractivity contribution in [1.29, 1.82) is 0 Å². The Kier molecular flexibility index (Phi) is 6.54. The summed E-state index contributed by atoms with van der Waals surface area (Å²) < 4.78 is 5.09. The van der Waals surface area contributed by atoms with Crippen molar-refractivity contribution < 1.29 is 19.1 Å². The van der Waals surface area contributed by atoms with Crippen molar-refractivity contribution in [3.05, 3.63) is 65.6 Å². The van der Waals surface area contributed by atoms with Gasteiger partial charge in [0.05, 0.1) is 24.6 Å². The molecule has 2 aromatic heterocycles. The average molecular weight is 458 g/mol. The van der Waals surface area contributed by atoms with Gasteiger partial charge in [-0.25, -0.2) is 4.79 Å². The van der Waals surface area contributed by atoms with Crippen molar-refractivity contribution in [3.63, 3.8) is 0 Å². The lowest BCUT2D eigenvalue weighted by Gasteiger charge is -2.24. The number of H-pyrrole nitrogens is 1. The molecule has 2 aliphatic rings. The van der Waals surface area contributed by atoms with Crippen LogP contribution in [0.4, 0.5) is 4.79 Å². The van der Waals surface area contributed by atoms with Gasteiger partial charge in [0.25, 0.3) is 11.8 Å². The number of pyridine rings is 1. The molecular weight excluding hydrogens is 436 g/mol. The van der Waals surface area contributed by atoms with Gasteiger partial charge >= 0.3 is 6.03 Å². The number of ether oxygens (including phenoxy) is 1. The van der Waals surface area contributed by atoms with Gasteiger partial charge in [-0.15, -0.1) is 0 Å². The number of hydrogen-bond acceptors (Lipinski definition) is 6. The Balaban J connectivity index is 0.000000172. The largest absolute Gasteiger partial charge is 0.497 e. The minimum Gasteiger partial charge on any atom is -0.497 e. The number of likely N-dealkylation sites (N-methyl/N-ethyl adjacent to an activating group) is 1. The summed E-state index contributed by atoms with van der Waals surface area (Å²) >= 11 is 0. The number of nitrogens with zero attached hydrogens (tertiary/aromatic N) is 3. The zero-order valence-corrected chi connectivity index (χ0v) is 18.6. The molecular formula is C24H22N6O4. The van der Waals surface area contributed by atoms with E-state index < -0.39 is 18.0 Å². The zero-order chi connectivity index (χ0) is 24.1. The predicted molar refractivity (Wildman–Crippen MR) is 123 cm³/mol. The number of hydrogen-bond donors (Lipinski definition) is 3. The lowest BCUT2D eigenvalue weighted by Crippen LogP contribution is -2.34. The Morgan fingerprint density at radius 3 is 2.76 bits per heavy atom. The van der Waals surface area contributed by atoms with E-state index in [1.807, 2.05) is 25.2 Å². The summed E-state index contributed by atoms with van der Waals surface area (Å²) in [5, 5.41) is 11.1. The second kappa shape index (κ2) is 9.87. The van der Waals surface area contributed by atoms with Crippen molar-refractivity contribution in [2.45, 2.75) is 12.5 Å². The van der Waals surface area contributed by atoms with Crippen LogP contribution in [0.5, 0.6) is 5.75 Å². The summed E-state index contributed by atoms with van der Waals surface area (Å²) in [6.07, 6.45) is 5.92. The summed E-state index contributed by atoms with van der Waals surface area (Å²) in [5.74, 6) is 5.96. The van der Waals surface area contributed by atoms with E-state index in [0.717, 1.165) is 35.4 Å². The fourth-order valence-electron chi connectivity index (χ4n) is 3.48. The van der Waals surface area contributed by atoms with Crippen molar-refractivity contribution in [2.75, 3.05) is 20.7 Å². The van der Waals surface area contributed by atoms with Gasteiger partial charge in [0.1, 0.15) is 5.75 Å². The van der Waals surface area contributed by atoms with Crippen LogP contribution in [0.3, 0.4) is 0 Å². The lowest BCUT2D eigenvalue weighted by molar-refractivity contribution is -0.119. The van der Waals surface area contributed by atoms with Crippen LogP contribution in [-0.4, -0.2) is 64.7 Å². The van der Waals surface area contributed by atoms with Crippen molar-refractivity contribution in [2.24, 2.45) is 0 Å². The first-order valence-electron chi connectivity index (χ1n) is 10.5. The maximum absolute atomic E-state index is 11.8. The minimum absolute atomic E-state index is 0.0881. The molecule has 0 bridgehead atoms. The van der Waals surface area contributed by atoms with Gasteiger partial charge in [0.15, 0.2) is 6.04 Å². The molecule has 0 radical (unpaired) electrons. The highest BCUT2D eigenvalue weighted by Gasteiger charge is 2.27. The average Bonchev–Trinajstić information content (AvgIpc) is 3.50. The van der Waals surface area contributed by atoms with E-state index in [1.54, 1.807) is 42.7 Å². The smallest absolute Gasteiger partial charge is 0.322 e. The van der Waals surface area contributed by atoms with E-state index in [4.69, 9.17) is 4.74 Å². The quantitative estimate of drug-likeness (QED) is 0.393. The van der Waals surface area contributed by atoms with Crippen LogP contribution in [0.25, 0.3) is 11.3 Å². The van der Waals surface area contributed by atoms with Crippen molar-refractivity contribution >= 4 is 17.8 Å². The second-order valence-corrected chi connectivity index (χ2v) is 7.55. The molecule has 4 heterocycles. The summed E-state index contributed by atoms with van der Waals surface area (Å²) in [4.78, 5) is 40.1. The molecule has 2 aliphatic heterocycles. The van der Waals surface area contributed by atoms with E-state index in [9.17, 15) is 14.4 Å². The Morgan fingerprint density at radius 1 is 1.21 bits per heavy atom. The molecule has 1 saturated heterocycles. The fourth-order valence-corrected chi connectivity index (χ4v) is 3.48. The Bertz CT molecular complexity index is 1290. The van der Waals surface area contributed by atoms with Gasteiger partial charge in [-0.3, -0.25) is 25.0 Å². The Labute approximate surface area is 195 Å². The Hall–Kier alpha value is -4.65. The highest BCUT2D eigenvalue weighted by atomic mass is 16.5. The molecule has 34 heavy (non-hydrogen) atoms. The number of carbonyl (C=O) groups excluding carboxylic acids is 3. The molecule has 1 fully saturated rings. The Morgan fingerprint density at radius 2 is 2.06 bits per heavy atom. The molecule has 5 rings (SSSR count). The third-order valence-electron chi connectivity index (χ3n) is 5.32. The van der Waals surface area contributed by atoms with Gasteiger partial charge in [-0.1, -0.05) is 17.9 Å². The summed E-state index contributed by atoms with van der Waals surface area (Å²) in [5.41, 5.74) is 4.02. The number of rotatable bonds is 2. The predicted octanol–water partition coefficient (Wildman–Crippen LogP) is 1.35. The normalized spacial score (nSPS) is 16.4. The minimum atomic E-state index is -0.833. The standard InChI is InChI=1S/C13H9N5O2.C11H13NO2/c19-12-10(17-13(20)18-12)4-3-8-2-1-5-14-11(8)9-6-15-16-7-9;1-12-6-5-8-3-4-9(14-2)7-10(8)11(12)13/h1-2,5-7,10H,(H,15,16)(H2,17,18,19,20);3-4,7H,5-6H2,1-2H3. The third kappa shape index (κ3) is 4.88. The number of nitrogens with one attached hydrogen (secondary N) is 3. The molecule has 10 heteroatoms. The third-order valence-corrected chi connectivity index (χ3v) is 5.32. The number of fused-ring (bicyclic) bond motifs is 1. The van der Waals surface area contributed by atoms with Crippen LogP contribution >= 0.6 is 0 Å². The zero-order valence-electron chi connectivity index (χ0n) is 18.6. The molecule has 1 aromatic carbocycles. The molecule has 3 aromatic rings. The maximum atomic E-state index is 11.8. The molecule has 1 unspecified atom stereocenters. The SMILES string of the molecule is COc1ccc2c(c1)C(=O)N(C)CC2.O=C1NC(=O)C(C#Cc2cccnc2-c2cn[nH]c2)N1. The molecule has 1 atom stereocenters. The summed E-state index contributed by atoms with van der Waals surface area (Å²) in [7, 11) is 3.43. The first-order valence-corrected chi connectivity index (χ1v) is 10.5. The van der Waals surface area contributed by atoms with Crippen LogP contribution in [0.1, 0.15) is 21.5 Å². The van der Waals surface area contributed by atoms with Crippen LogP contribution in [0.15, 0.2) is 48.9 Å². The molecule has 10 nitrogen and oxygen atoms in total. The molecule has 3 N–H and O–H groups in total. The van der Waals surface area contributed by atoms with Gasteiger partial charge in [0.2, 0.25) is 0 Å². The number of imide groups is 1. The topological polar surface area (TPSA) is 129 Å². The van der Waals surface area contributed by atoms with E-state index in [0.29, 0.717) is 11.3 Å². The second-order valence-electron chi connectivity index (χ2n) is 7.55. The fraction of sp³-hybridized carbons (Fsp3) is 0.208. The van der Waals surface area contributed by atoms with Gasteiger partial charge in [-0.05, 0) is 36.2 Å². The number of benzene rings is 1. The summed E-state index contributed by atoms with van der Waals surface area (Å²) in [6.45, 7) is 0.804. The van der Waals surface area contributed by atoms with E-state index >= 15 is 0 Å². The first-order chi connectivity index (χ1) is 16.5. The van der Waals surface area contributed by atoms with Gasteiger partial charge in [-0.2, -0.15) is 5.10 Å². The number of methoxy groups -OCH3 is 1. The monoisotopic (exact) mass is 458 g/mol. The maximum Gasteiger partial charge on any atom is 0.322 e. The van der Waals surface area contributed by atoms with Gasteiger partial charge < -0.3 is 15.0 Å². The highest BCUT2D eigenvalue weighted by molar-refractivity contribution is 6.05. The number of amides is 4. The number of carbonyl (C=O) groups is 3. The van der Waals surface area contributed by atoms with Crippen LogP contribution in [-0.2, 0) is 11.2 Å². The molecule has 0 saturated carbocycles. The number of aromatic nitrogens is 3. The molecule has 0 aliphatic carbocycles. The molecule has 4 amide bonds.